The second-order valence-electron chi connectivity index (χ2n) is 4.37. The van der Waals surface area contributed by atoms with E-state index in [0.717, 1.165) is 23.1 Å². The number of pyridine rings is 1. The summed E-state index contributed by atoms with van der Waals surface area (Å²) in [5.41, 5.74) is 1.25. The molecule has 0 fully saturated rings. The molecule has 1 unspecified atom stereocenters. The molecular formula is C16H20N2OS. The third kappa shape index (κ3) is 4.25. The molecule has 0 spiro atoms. The molecule has 0 radical (unpaired) electrons. The molecular weight excluding hydrogens is 268 g/mol. The summed E-state index contributed by atoms with van der Waals surface area (Å²) >= 11 is 1.76. The Hall–Kier alpha value is -1.52. The van der Waals surface area contributed by atoms with Gasteiger partial charge in [-0.1, -0.05) is 25.1 Å². The number of hydrogen-bond acceptors (Lipinski definition) is 4. The van der Waals surface area contributed by atoms with Crippen molar-refractivity contribution in [2.75, 3.05) is 19.4 Å². The normalized spacial score (nSPS) is 12.1. The van der Waals surface area contributed by atoms with Crippen LogP contribution in [0.15, 0.2) is 53.7 Å². The van der Waals surface area contributed by atoms with Crippen LogP contribution in [0.4, 0.5) is 0 Å². The largest absolute Gasteiger partial charge is 0.497 e. The number of ether oxygens (including phenoxy) is 1. The van der Waals surface area contributed by atoms with Crippen LogP contribution in [0.25, 0.3) is 0 Å². The molecule has 0 saturated heterocycles. The zero-order valence-electron chi connectivity index (χ0n) is 11.9. The summed E-state index contributed by atoms with van der Waals surface area (Å²) in [4.78, 5) is 4.35. The molecule has 0 amide bonds. The highest BCUT2D eigenvalue weighted by atomic mass is 32.2. The summed E-state index contributed by atoms with van der Waals surface area (Å²) in [6.07, 6.45) is 1.83. The molecule has 0 saturated carbocycles. The van der Waals surface area contributed by atoms with Crippen molar-refractivity contribution in [3.63, 3.8) is 0 Å². The highest BCUT2D eigenvalue weighted by Crippen LogP contribution is 2.25. The van der Waals surface area contributed by atoms with Crippen LogP contribution in [-0.2, 0) is 0 Å². The molecule has 1 aromatic heterocycles. The van der Waals surface area contributed by atoms with Crippen LogP contribution in [0.1, 0.15) is 18.5 Å². The van der Waals surface area contributed by atoms with E-state index in [4.69, 9.17) is 4.74 Å². The monoisotopic (exact) mass is 288 g/mol. The summed E-state index contributed by atoms with van der Waals surface area (Å²) in [5.74, 6) is 1.84. The van der Waals surface area contributed by atoms with E-state index in [1.165, 1.54) is 5.56 Å². The molecule has 106 valence electrons. The molecule has 0 aliphatic heterocycles. The molecule has 4 heteroatoms. The van der Waals surface area contributed by atoms with E-state index in [0.29, 0.717) is 6.04 Å². The highest BCUT2D eigenvalue weighted by molar-refractivity contribution is 7.99. The van der Waals surface area contributed by atoms with E-state index in [-0.39, 0.29) is 0 Å². The van der Waals surface area contributed by atoms with Crippen LogP contribution in [0.3, 0.4) is 0 Å². The van der Waals surface area contributed by atoms with E-state index in [1.807, 2.05) is 36.5 Å². The quantitative estimate of drug-likeness (QED) is 0.790. The minimum absolute atomic E-state index is 0.294. The number of thioether (sulfide) groups is 1. The number of rotatable bonds is 7. The van der Waals surface area contributed by atoms with Gasteiger partial charge < -0.3 is 10.1 Å². The first-order valence-corrected chi connectivity index (χ1v) is 7.73. The Morgan fingerprint density at radius 1 is 1.25 bits per heavy atom. The predicted octanol–water partition coefficient (Wildman–Crippen LogP) is 3.53. The fourth-order valence-electron chi connectivity index (χ4n) is 1.98. The zero-order chi connectivity index (χ0) is 14.2. The van der Waals surface area contributed by atoms with E-state index in [9.17, 15) is 0 Å². The average molecular weight is 288 g/mol. The van der Waals surface area contributed by atoms with Crippen LogP contribution in [0.5, 0.6) is 5.75 Å². The van der Waals surface area contributed by atoms with E-state index < -0.39 is 0 Å². The van der Waals surface area contributed by atoms with Crippen molar-refractivity contribution in [3.8, 4) is 5.75 Å². The predicted molar refractivity (Wildman–Crippen MR) is 84.4 cm³/mol. The van der Waals surface area contributed by atoms with Gasteiger partial charge in [0.25, 0.3) is 0 Å². The topological polar surface area (TPSA) is 34.2 Å². The molecule has 3 nitrogen and oxygen atoms in total. The fraction of sp³-hybridized carbons (Fsp3) is 0.312. The van der Waals surface area contributed by atoms with Gasteiger partial charge in [0.05, 0.1) is 12.1 Å². The summed E-state index contributed by atoms with van der Waals surface area (Å²) in [7, 11) is 1.70. The van der Waals surface area contributed by atoms with Crippen LogP contribution in [0.2, 0.25) is 0 Å². The van der Waals surface area contributed by atoms with Gasteiger partial charge in [0.15, 0.2) is 0 Å². The minimum atomic E-state index is 0.294. The van der Waals surface area contributed by atoms with Gasteiger partial charge in [-0.15, -0.1) is 11.8 Å². The first-order chi connectivity index (χ1) is 9.83. The highest BCUT2D eigenvalue weighted by Gasteiger charge is 2.11. The average Bonchev–Trinajstić information content (AvgIpc) is 2.52. The van der Waals surface area contributed by atoms with Gasteiger partial charge in [0, 0.05) is 18.0 Å². The summed E-state index contributed by atoms with van der Waals surface area (Å²) in [6, 6.07) is 14.5. The maximum Gasteiger partial charge on any atom is 0.119 e. The van der Waals surface area contributed by atoms with Gasteiger partial charge >= 0.3 is 0 Å². The molecule has 0 aliphatic rings. The molecule has 1 aromatic carbocycles. The lowest BCUT2D eigenvalue weighted by molar-refractivity contribution is 0.413. The lowest BCUT2D eigenvalue weighted by atomic mass is 10.1. The summed E-state index contributed by atoms with van der Waals surface area (Å²) in [5, 5.41) is 4.57. The van der Waals surface area contributed by atoms with Crippen LogP contribution >= 0.6 is 11.8 Å². The number of aromatic nitrogens is 1. The standard InChI is InChI=1S/C16H20N2OS/c1-3-17-15(12-20-16-9-4-5-10-18-16)13-7-6-8-14(11-13)19-2/h4-11,15,17H,3,12H2,1-2H3. The number of nitrogens with one attached hydrogen (secondary N) is 1. The fourth-order valence-corrected chi connectivity index (χ4v) is 2.94. The van der Waals surface area contributed by atoms with E-state index in [2.05, 4.69) is 29.4 Å². The molecule has 20 heavy (non-hydrogen) atoms. The van der Waals surface area contributed by atoms with Crippen molar-refractivity contribution in [1.82, 2.24) is 10.3 Å². The molecule has 0 aliphatic carbocycles. The third-order valence-electron chi connectivity index (χ3n) is 2.98. The van der Waals surface area contributed by atoms with Gasteiger partial charge in [0.2, 0.25) is 0 Å². The van der Waals surface area contributed by atoms with Crippen molar-refractivity contribution in [2.45, 2.75) is 18.0 Å². The second-order valence-corrected chi connectivity index (χ2v) is 5.41. The smallest absolute Gasteiger partial charge is 0.119 e. The van der Waals surface area contributed by atoms with Crippen molar-refractivity contribution >= 4 is 11.8 Å². The molecule has 2 aromatic rings. The Labute approximate surface area is 124 Å². The van der Waals surface area contributed by atoms with Crippen molar-refractivity contribution < 1.29 is 4.74 Å². The summed E-state index contributed by atoms with van der Waals surface area (Å²) in [6.45, 7) is 3.06. The molecule has 0 bridgehead atoms. The van der Waals surface area contributed by atoms with Crippen molar-refractivity contribution in [1.29, 1.82) is 0 Å². The lowest BCUT2D eigenvalue weighted by Gasteiger charge is -2.18. The number of nitrogens with zero attached hydrogens (tertiary/aromatic N) is 1. The Morgan fingerprint density at radius 2 is 2.15 bits per heavy atom. The zero-order valence-corrected chi connectivity index (χ0v) is 12.7. The van der Waals surface area contributed by atoms with Gasteiger partial charge in [-0.2, -0.15) is 0 Å². The maximum absolute atomic E-state index is 5.30. The van der Waals surface area contributed by atoms with Gasteiger partial charge in [-0.05, 0) is 36.4 Å². The maximum atomic E-state index is 5.30. The van der Waals surface area contributed by atoms with Gasteiger partial charge in [0.1, 0.15) is 5.75 Å². The first-order valence-electron chi connectivity index (χ1n) is 6.74. The number of hydrogen-bond donors (Lipinski definition) is 1. The Kier molecular flexibility index (Phi) is 5.89. The van der Waals surface area contributed by atoms with E-state index in [1.54, 1.807) is 18.9 Å². The van der Waals surface area contributed by atoms with Crippen molar-refractivity contribution in [2.24, 2.45) is 0 Å². The second kappa shape index (κ2) is 7.92. The molecule has 1 N–H and O–H groups in total. The summed E-state index contributed by atoms with van der Waals surface area (Å²) < 4.78 is 5.30. The van der Waals surface area contributed by atoms with E-state index >= 15 is 0 Å². The number of methoxy groups -OCH3 is 1. The number of benzene rings is 1. The van der Waals surface area contributed by atoms with Gasteiger partial charge in [-0.3, -0.25) is 0 Å². The third-order valence-corrected chi connectivity index (χ3v) is 4.02. The van der Waals surface area contributed by atoms with Gasteiger partial charge in [-0.25, -0.2) is 4.98 Å². The van der Waals surface area contributed by atoms with Crippen molar-refractivity contribution in [3.05, 3.63) is 54.2 Å². The minimum Gasteiger partial charge on any atom is -0.497 e. The molecule has 2 rings (SSSR count). The van der Waals surface area contributed by atoms with Crippen LogP contribution in [0, 0.1) is 0 Å². The SMILES string of the molecule is CCNC(CSc1ccccn1)c1cccc(OC)c1. The lowest BCUT2D eigenvalue weighted by Crippen LogP contribution is -2.23. The Balaban J connectivity index is 2.06. The van der Waals surface area contributed by atoms with Crippen LogP contribution in [-0.4, -0.2) is 24.4 Å². The molecule has 1 heterocycles. The Bertz CT molecular complexity index is 519. The first kappa shape index (κ1) is 14.9. The Morgan fingerprint density at radius 3 is 2.85 bits per heavy atom. The van der Waals surface area contributed by atoms with Crippen LogP contribution < -0.4 is 10.1 Å². The molecule has 1 atom stereocenters.